The van der Waals surface area contributed by atoms with E-state index in [9.17, 15) is 22.8 Å². The third-order valence-corrected chi connectivity index (χ3v) is 7.47. The van der Waals surface area contributed by atoms with Crippen LogP contribution in [0.4, 0.5) is 23.7 Å². The van der Waals surface area contributed by atoms with E-state index in [1.54, 1.807) is 26.8 Å². The van der Waals surface area contributed by atoms with Gasteiger partial charge in [-0.05, 0) is 39.0 Å². The van der Waals surface area contributed by atoms with Crippen LogP contribution in [0.5, 0.6) is 0 Å². The van der Waals surface area contributed by atoms with Gasteiger partial charge in [0.15, 0.2) is 0 Å². The molecule has 0 saturated carbocycles. The van der Waals surface area contributed by atoms with Crippen molar-refractivity contribution >= 4 is 17.7 Å². The highest BCUT2D eigenvalue weighted by molar-refractivity contribution is 6.00. The first-order valence-corrected chi connectivity index (χ1v) is 11.1. The van der Waals surface area contributed by atoms with Crippen molar-refractivity contribution in [1.82, 2.24) is 5.32 Å². The Labute approximate surface area is 193 Å². The minimum atomic E-state index is -4.76. The molecule has 0 unspecified atom stereocenters. The molecule has 0 aliphatic carbocycles. The standard InChI is InChI=1S/C23H24F3N3O5/c1-11(2)33-20(31)28-15-9-22-6-7-32-19-17(22)16(21(15,3)34-22)18(30)29(19)13-5-4-12(10-27)14(8-13)23(24,25)26/h4-5,8,11,15-17,19H,6-7,9H2,1-3H3,(H,28,31)/t15-,16+,17-,19-,21+,22-/m0/s1. The number of amides is 2. The molecule has 1 spiro atoms. The van der Waals surface area contributed by atoms with E-state index in [0.29, 0.717) is 12.8 Å². The molecule has 1 aromatic carbocycles. The first-order valence-electron chi connectivity index (χ1n) is 11.1. The highest BCUT2D eigenvalue weighted by Crippen LogP contribution is 2.65. The summed E-state index contributed by atoms with van der Waals surface area (Å²) in [6, 6.07) is 4.27. The lowest BCUT2D eigenvalue weighted by Gasteiger charge is -2.42. The molecular weight excluding hydrogens is 455 g/mol. The Hall–Kier alpha value is -2.84. The van der Waals surface area contributed by atoms with Crippen LogP contribution in [0.3, 0.4) is 0 Å². The second kappa shape index (κ2) is 7.33. The molecule has 0 radical (unpaired) electrons. The normalized spacial score (nSPS) is 35.9. The van der Waals surface area contributed by atoms with Crippen LogP contribution < -0.4 is 10.2 Å². The van der Waals surface area contributed by atoms with Crippen molar-refractivity contribution in [1.29, 1.82) is 5.26 Å². The summed E-state index contributed by atoms with van der Waals surface area (Å²) in [5, 5.41) is 11.9. The van der Waals surface area contributed by atoms with Crippen molar-refractivity contribution in [2.24, 2.45) is 11.8 Å². The van der Waals surface area contributed by atoms with Crippen LogP contribution in [-0.4, -0.2) is 48.2 Å². The van der Waals surface area contributed by atoms with E-state index in [4.69, 9.17) is 19.5 Å². The molecule has 4 aliphatic heterocycles. The maximum Gasteiger partial charge on any atom is 0.417 e. The fourth-order valence-corrected chi connectivity index (χ4v) is 6.23. The Bertz CT molecular complexity index is 1100. The molecule has 8 nitrogen and oxygen atoms in total. The molecule has 4 heterocycles. The lowest BCUT2D eigenvalue weighted by Crippen LogP contribution is -2.58. The lowest BCUT2D eigenvalue weighted by molar-refractivity contribution is -0.141. The predicted molar refractivity (Wildman–Crippen MR) is 110 cm³/mol. The number of carbonyl (C=O) groups is 2. The van der Waals surface area contributed by atoms with Gasteiger partial charge in [-0.3, -0.25) is 9.69 Å². The van der Waals surface area contributed by atoms with Gasteiger partial charge in [-0.15, -0.1) is 0 Å². The fourth-order valence-electron chi connectivity index (χ4n) is 6.23. The second-order valence-corrected chi connectivity index (χ2v) is 9.77. The Balaban J connectivity index is 1.52. The number of hydrogen-bond acceptors (Lipinski definition) is 6. The average molecular weight is 479 g/mol. The maximum absolute atomic E-state index is 13.7. The van der Waals surface area contributed by atoms with Crippen LogP contribution in [0.15, 0.2) is 18.2 Å². The predicted octanol–water partition coefficient (Wildman–Crippen LogP) is 3.34. The number of halogens is 3. The van der Waals surface area contributed by atoms with Crippen molar-refractivity contribution in [2.45, 2.75) is 69.4 Å². The number of hydrogen-bond donors (Lipinski definition) is 1. The summed E-state index contributed by atoms with van der Waals surface area (Å²) in [5.74, 6) is -1.55. The molecule has 11 heteroatoms. The topological polar surface area (TPSA) is 101 Å². The van der Waals surface area contributed by atoms with Crippen molar-refractivity contribution < 1.29 is 37.0 Å². The molecule has 1 aromatic rings. The molecule has 2 bridgehead atoms. The second-order valence-electron chi connectivity index (χ2n) is 9.77. The third kappa shape index (κ3) is 3.11. The lowest BCUT2D eigenvalue weighted by atomic mass is 9.64. The number of rotatable bonds is 3. The fraction of sp³-hybridized carbons (Fsp3) is 0.609. The van der Waals surface area contributed by atoms with E-state index in [-0.39, 0.29) is 18.4 Å². The van der Waals surface area contributed by atoms with Crippen molar-refractivity contribution in [3.8, 4) is 6.07 Å². The first kappa shape index (κ1) is 22.9. The zero-order chi connectivity index (χ0) is 24.6. The van der Waals surface area contributed by atoms with Crippen LogP contribution in [0, 0.1) is 23.2 Å². The molecule has 4 saturated heterocycles. The van der Waals surface area contributed by atoms with Crippen LogP contribution in [0.1, 0.15) is 44.7 Å². The Morgan fingerprint density at radius 2 is 2.12 bits per heavy atom. The van der Waals surface area contributed by atoms with Crippen molar-refractivity contribution in [3.63, 3.8) is 0 Å². The smallest absolute Gasteiger partial charge is 0.417 e. The highest BCUT2D eigenvalue weighted by atomic mass is 19.4. The van der Waals surface area contributed by atoms with Crippen LogP contribution in [-0.2, 0) is 25.2 Å². The molecule has 1 N–H and O–H groups in total. The number of nitrogens with one attached hydrogen (secondary N) is 1. The van der Waals surface area contributed by atoms with E-state index in [2.05, 4.69) is 5.32 Å². The highest BCUT2D eigenvalue weighted by Gasteiger charge is 2.78. The van der Waals surface area contributed by atoms with Crippen LogP contribution in [0.25, 0.3) is 0 Å². The molecule has 6 atom stereocenters. The number of nitriles is 1. The number of benzene rings is 1. The summed E-state index contributed by atoms with van der Waals surface area (Å²) in [6.45, 7) is 5.45. The van der Waals surface area contributed by atoms with E-state index >= 15 is 0 Å². The zero-order valence-corrected chi connectivity index (χ0v) is 18.8. The molecule has 2 amide bonds. The van der Waals surface area contributed by atoms with Crippen molar-refractivity contribution in [3.05, 3.63) is 29.3 Å². The number of ether oxygens (including phenoxy) is 3. The first-order chi connectivity index (χ1) is 15.9. The number of alkyl halides is 3. The van der Waals surface area contributed by atoms with Gasteiger partial charge in [-0.25, -0.2) is 4.79 Å². The third-order valence-electron chi connectivity index (χ3n) is 7.47. The summed E-state index contributed by atoms with van der Waals surface area (Å²) < 4.78 is 58.3. The van der Waals surface area contributed by atoms with Gasteiger partial charge in [-0.1, -0.05) is 0 Å². The van der Waals surface area contributed by atoms with Gasteiger partial charge in [0.1, 0.15) is 6.23 Å². The Morgan fingerprint density at radius 1 is 1.38 bits per heavy atom. The molecule has 0 aromatic heterocycles. The van der Waals surface area contributed by atoms with Gasteiger partial charge >= 0.3 is 12.3 Å². The van der Waals surface area contributed by atoms with Crippen molar-refractivity contribution in [2.75, 3.05) is 11.5 Å². The molecule has 182 valence electrons. The molecular formula is C23H24F3N3O5. The van der Waals surface area contributed by atoms with Crippen LogP contribution >= 0.6 is 0 Å². The average Bonchev–Trinajstić information content (AvgIpc) is 3.30. The minimum Gasteiger partial charge on any atom is -0.447 e. The van der Waals surface area contributed by atoms with Gasteiger partial charge in [-0.2, -0.15) is 18.4 Å². The number of carbonyl (C=O) groups excluding carboxylic acids is 2. The quantitative estimate of drug-likeness (QED) is 0.714. The minimum absolute atomic E-state index is 0.0134. The van der Waals surface area contributed by atoms with Gasteiger partial charge < -0.3 is 19.5 Å². The molecule has 5 rings (SSSR count). The summed E-state index contributed by atoms with van der Waals surface area (Å²) in [4.78, 5) is 27.3. The molecule has 34 heavy (non-hydrogen) atoms. The maximum atomic E-state index is 13.7. The number of alkyl carbamates (subject to hydrolysis) is 1. The zero-order valence-electron chi connectivity index (χ0n) is 18.8. The SMILES string of the molecule is CC(C)OC(=O)N[C@H]1C[C@@]23CCO[C@H]4[C@@H]2[C@H](C(=O)N4c2ccc(C#N)c(C(F)(F)F)c2)[C@]1(C)O3. The summed E-state index contributed by atoms with van der Waals surface area (Å²) in [6.07, 6.45) is -5.55. The Morgan fingerprint density at radius 3 is 2.76 bits per heavy atom. The van der Waals surface area contributed by atoms with E-state index < -0.39 is 64.6 Å². The molecule has 4 aliphatic rings. The van der Waals surface area contributed by atoms with Gasteiger partial charge in [0.05, 0.1) is 53.1 Å². The van der Waals surface area contributed by atoms with Crippen LogP contribution in [0.2, 0.25) is 0 Å². The van der Waals surface area contributed by atoms with E-state index in [0.717, 1.165) is 12.1 Å². The van der Waals surface area contributed by atoms with E-state index in [1.165, 1.54) is 11.0 Å². The Kier molecular flexibility index (Phi) is 4.94. The molecule has 4 fully saturated rings. The van der Waals surface area contributed by atoms with Gasteiger partial charge in [0, 0.05) is 24.4 Å². The largest absolute Gasteiger partial charge is 0.447 e. The monoisotopic (exact) mass is 479 g/mol. The summed E-state index contributed by atoms with van der Waals surface area (Å²) >= 11 is 0. The summed E-state index contributed by atoms with van der Waals surface area (Å²) in [7, 11) is 0. The van der Waals surface area contributed by atoms with Gasteiger partial charge in [0.2, 0.25) is 5.91 Å². The number of anilines is 1. The summed E-state index contributed by atoms with van der Waals surface area (Å²) in [5.41, 5.74) is -3.43. The number of nitrogens with zero attached hydrogens (tertiary/aromatic N) is 2. The van der Waals surface area contributed by atoms with E-state index in [1.807, 2.05) is 0 Å². The number of fused-ring (bicyclic) bond motifs is 2. The van der Waals surface area contributed by atoms with Gasteiger partial charge in [0.25, 0.3) is 0 Å².